The Morgan fingerprint density at radius 3 is 2.79 bits per heavy atom. The Morgan fingerprint density at radius 1 is 1.26 bits per heavy atom. The summed E-state index contributed by atoms with van der Waals surface area (Å²) < 4.78 is 16.3. The topological polar surface area (TPSA) is 127 Å². The van der Waals surface area contributed by atoms with Gasteiger partial charge in [0.1, 0.15) is 41.6 Å². The number of allylic oxidation sites excluding steroid dienone is 3. The van der Waals surface area contributed by atoms with Crippen LogP contribution in [-0.4, -0.2) is 45.4 Å². The van der Waals surface area contributed by atoms with Crippen molar-refractivity contribution < 1.29 is 33.8 Å². The quantitative estimate of drug-likeness (QED) is 0.372. The van der Waals surface area contributed by atoms with Gasteiger partial charge in [0.05, 0.1) is 28.1 Å². The number of epoxide rings is 1. The van der Waals surface area contributed by atoms with Crippen molar-refractivity contribution in [1.82, 2.24) is 5.16 Å². The molecule has 2 N–H and O–H groups in total. The number of phenolic OH excluding ortho intramolecular Hbond substituents is 2. The lowest BCUT2D eigenvalue weighted by atomic mass is 9.99. The van der Waals surface area contributed by atoms with Gasteiger partial charge in [0.2, 0.25) is 0 Å². The van der Waals surface area contributed by atoms with Gasteiger partial charge in [0.25, 0.3) is 0 Å². The summed E-state index contributed by atoms with van der Waals surface area (Å²) >= 11 is 6.34. The fourth-order valence-corrected chi connectivity index (χ4v) is 3.96. The van der Waals surface area contributed by atoms with E-state index in [2.05, 4.69) is 10.3 Å². The second-order valence-electron chi connectivity index (χ2n) is 8.25. The normalized spacial score (nSPS) is 25.6. The number of hydrogen-bond donors (Lipinski definition) is 2. The Hall–Kier alpha value is -3.30. The lowest BCUT2D eigenvalue weighted by Gasteiger charge is -2.17. The number of hydrogen-bond acceptors (Lipinski definition) is 9. The highest BCUT2D eigenvalue weighted by molar-refractivity contribution is 6.33. The van der Waals surface area contributed by atoms with Crippen LogP contribution in [0.15, 0.2) is 40.0 Å². The van der Waals surface area contributed by atoms with Gasteiger partial charge in [-0.05, 0) is 32.4 Å². The molecule has 1 saturated heterocycles. The Bertz CT molecular complexity index is 1160. The molecule has 180 valence electrons. The number of carbonyl (C=O) groups excluding carboxylic acids is 1. The monoisotopic (exact) mass is 488 g/mol. The molecule has 1 aromatic heterocycles. The minimum Gasteiger partial charge on any atom is -0.507 e. The fraction of sp³-hybridized carbons (Fsp3) is 0.375. The van der Waals surface area contributed by atoms with Gasteiger partial charge >= 0.3 is 5.97 Å². The molecule has 0 saturated carbocycles. The summed E-state index contributed by atoms with van der Waals surface area (Å²) in [5, 5.41) is 28.7. The van der Waals surface area contributed by atoms with Gasteiger partial charge in [-0.1, -0.05) is 40.1 Å². The second kappa shape index (κ2) is 9.90. The number of oxime groups is 1. The lowest BCUT2D eigenvalue weighted by molar-refractivity contribution is 0.0306. The number of nitrogens with zero attached hydrogens (tertiary/aromatic N) is 2. The number of rotatable bonds is 3. The molecule has 3 unspecified atom stereocenters. The predicted octanol–water partition coefficient (Wildman–Crippen LogP) is 4.30. The largest absolute Gasteiger partial charge is 0.507 e. The van der Waals surface area contributed by atoms with E-state index < -0.39 is 17.8 Å². The highest BCUT2D eigenvalue weighted by atomic mass is 35.5. The number of ether oxygens (including phenoxy) is 2. The summed E-state index contributed by atoms with van der Waals surface area (Å²) in [6, 6.07) is 1.01. The Balaban J connectivity index is 1.69. The number of esters is 1. The van der Waals surface area contributed by atoms with Crippen LogP contribution in [0.1, 0.15) is 46.3 Å². The third kappa shape index (κ3) is 5.26. The highest BCUT2D eigenvalue weighted by Crippen LogP contribution is 2.38. The molecule has 0 aliphatic carbocycles. The van der Waals surface area contributed by atoms with E-state index in [4.69, 9.17) is 30.4 Å². The number of phenols is 2. The van der Waals surface area contributed by atoms with Crippen LogP contribution in [0.3, 0.4) is 0 Å². The maximum atomic E-state index is 13.0. The first-order valence-electron chi connectivity index (χ1n) is 10.8. The number of cyclic esters (lactones) is 1. The number of benzene rings is 1. The number of fused-ring (bicyclic) bond motifs is 2. The molecule has 4 rings (SSSR count). The molecule has 3 atom stereocenters. The van der Waals surface area contributed by atoms with E-state index in [-0.39, 0.29) is 47.1 Å². The molecule has 2 aromatic rings. The first-order valence-corrected chi connectivity index (χ1v) is 11.2. The first-order chi connectivity index (χ1) is 16.2. The number of aromatic hydroxyl groups is 2. The van der Waals surface area contributed by atoms with Crippen LogP contribution in [0, 0.1) is 13.8 Å². The van der Waals surface area contributed by atoms with Gasteiger partial charge in [-0.3, -0.25) is 0 Å². The van der Waals surface area contributed by atoms with Crippen molar-refractivity contribution in [2.75, 3.05) is 0 Å². The average Bonchev–Trinajstić information content (AvgIpc) is 3.43. The van der Waals surface area contributed by atoms with Crippen molar-refractivity contribution in [2.45, 2.75) is 58.5 Å². The van der Waals surface area contributed by atoms with Crippen LogP contribution in [0.25, 0.3) is 0 Å². The second-order valence-corrected chi connectivity index (χ2v) is 8.63. The van der Waals surface area contributed by atoms with Crippen LogP contribution < -0.4 is 0 Å². The zero-order valence-corrected chi connectivity index (χ0v) is 19.7. The average molecular weight is 489 g/mol. The van der Waals surface area contributed by atoms with Crippen LogP contribution in [0.2, 0.25) is 5.02 Å². The molecule has 1 aromatic carbocycles. The lowest BCUT2D eigenvalue weighted by Crippen LogP contribution is -2.19. The Morgan fingerprint density at radius 2 is 2.06 bits per heavy atom. The summed E-state index contributed by atoms with van der Waals surface area (Å²) in [7, 11) is 0. The maximum absolute atomic E-state index is 13.0. The van der Waals surface area contributed by atoms with Crippen molar-refractivity contribution in [2.24, 2.45) is 5.16 Å². The van der Waals surface area contributed by atoms with E-state index in [1.54, 1.807) is 32.9 Å². The minimum absolute atomic E-state index is 0.0197. The standard InChI is InChI=1S/C24H25ClN2O7/c1-12-8-21-20(33-21)7-5-4-6-15(27-31-11-17-13(2)26-34-14(17)3)9-16-22(24(30)32-12)18(28)10-19(29)23(16)25/h4-7,10,12,20-21,28-29H,8-9,11H2,1-3H3/b6-4+,7-5-,27-15+. The van der Waals surface area contributed by atoms with E-state index >= 15 is 0 Å². The van der Waals surface area contributed by atoms with Gasteiger partial charge in [-0.2, -0.15) is 0 Å². The zero-order chi connectivity index (χ0) is 24.4. The van der Waals surface area contributed by atoms with Crippen molar-refractivity contribution in [3.63, 3.8) is 0 Å². The Kier molecular flexibility index (Phi) is 6.95. The molecule has 2 aliphatic heterocycles. The van der Waals surface area contributed by atoms with E-state index in [0.717, 1.165) is 11.6 Å². The van der Waals surface area contributed by atoms with E-state index in [1.165, 1.54) is 0 Å². The van der Waals surface area contributed by atoms with E-state index in [0.29, 0.717) is 23.6 Å². The van der Waals surface area contributed by atoms with Gasteiger partial charge in [0, 0.05) is 18.9 Å². The molecular formula is C24H25ClN2O7. The van der Waals surface area contributed by atoms with E-state index in [9.17, 15) is 15.0 Å². The first kappa shape index (κ1) is 23.8. The molecule has 34 heavy (non-hydrogen) atoms. The number of aromatic nitrogens is 1. The molecular weight excluding hydrogens is 464 g/mol. The van der Waals surface area contributed by atoms with Crippen LogP contribution in [0.4, 0.5) is 0 Å². The Labute approximate surface area is 201 Å². The summed E-state index contributed by atoms with van der Waals surface area (Å²) in [5.41, 5.74) is 1.89. The molecule has 0 amide bonds. The van der Waals surface area contributed by atoms with Gasteiger partial charge in [-0.25, -0.2) is 4.79 Å². The molecule has 1 fully saturated rings. The van der Waals surface area contributed by atoms with Crippen molar-refractivity contribution >= 4 is 23.3 Å². The van der Waals surface area contributed by atoms with Gasteiger partial charge in [-0.15, -0.1) is 0 Å². The van der Waals surface area contributed by atoms with Crippen LogP contribution in [0.5, 0.6) is 11.5 Å². The number of aryl methyl sites for hydroxylation is 2. The molecule has 10 heteroatoms. The summed E-state index contributed by atoms with van der Waals surface area (Å²) in [6.07, 6.45) is 7.10. The minimum atomic E-state index is -0.758. The summed E-state index contributed by atoms with van der Waals surface area (Å²) in [4.78, 5) is 18.5. The molecule has 0 radical (unpaired) electrons. The van der Waals surface area contributed by atoms with Crippen molar-refractivity contribution in [3.05, 3.63) is 63.5 Å². The number of halogens is 1. The molecule has 0 bridgehead atoms. The van der Waals surface area contributed by atoms with Gasteiger partial charge in [0.15, 0.2) is 0 Å². The fourth-order valence-electron chi connectivity index (χ4n) is 3.74. The maximum Gasteiger partial charge on any atom is 0.342 e. The van der Waals surface area contributed by atoms with E-state index in [1.807, 2.05) is 12.2 Å². The molecule has 9 nitrogen and oxygen atoms in total. The third-order valence-electron chi connectivity index (χ3n) is 5.65. The smallest absolute Gasteiger partial charge is 0.342 e. The summed E-state index contributed by atoms with van der Waals surface area (Å²) in [6.45, 7) is 5.45. The van der Waals surface area contributed by atoms with Crippen molar-refractivity contribution in [3.8, 4) is 11.5 Å². The van der Waals surface area contributed by atoms with Crippen LogP contribution >= 0.6 is 11.6 Å². The summed E-state index contributed by atoms with van der Waals surface area (Å²) in [5.74, 6) is -0.941. The molecule has 0 spiro atoms. The van der Waals surface area contributed by atoms with Crippen molar-refractivity contribution in [1.29, 1.82) is 0 Å². The predicted molar refractivity (Wildman–Crippen MR) is 123 cm³/mol. The zero-order valence-electron chi connectivity index (χ0n) is 18.9. The third-order valence-corrected chi connectivity index (χ3v) is 6.07. The molecule has 2 aliphatic rings. The van der Waals surface area contributed by atoms with Gasteiger partial charge < -0.3 is 29.0 Å². The highest BCUT2D eigenvalue weighted by Gasteiger charge is 2.38. The molecule has 3 heterocycles. The number of carbonyl (C=O) groups is 1. The SMILES string of the molecule is Cc1noc(C)c1CO\N=C1/C=C/C=C\C2OC2CC(C)OC(=O)c2c(O)cc(O)c(Cl)c2C1. The van der Waals surface area contributed by atoms with Crippen LogP contribution in [-0.2, 0) is 27.3 Å².